The number of benzene rings is 1. The third kappa shape index (κ3) is 4.27. The minimum atomic E-state index is 0.835. The Morgan fingerprint density at radius 2 is 1.87 bits per heavy atom. The van der Waals surface area contributed by atoms with Crippen molar-refractivity contribution in [3.8, 4) is 0 Å². The fourth-order valence-corrected chi connectivity index (χ4v) is 3.19. The molecule has 1 aliphatic heterocycles. The lowest BCUT2D eigenvalue weighted by molar-refractivity contribution is -0.917. The summed E-state index contributed by atoms with van der Waals surface area (Å²) in [6.07, 6.45) is 3.73. The van der Waals surface area contributed by atoms with Crippen molar-refractivity contribution in [2.75, 3.05) is 31.5 Å². The first kappa shape index (κ1) is 15.9. The highest BCUT2D eigenvalue weighted by atomic mass is 32.1. The molecule has 0 radical (unpaired) electrons. The van der Waals surface area contributed by atoms with Gasteiger partial charge < -0.3 is 15.1 Å². The topological polar surface area (TPSA) is 32.6 Å². The summed E-state index contributed by atoms with van der Waals surface area (Å²) >= 11 is 5.58. The quantitative estimate of drug-likeness (QED) is 0.837. The Bertz CT molecular complexity index is 651. The van der Waals surface area contributed by atoms with Gasteiger partial charge in [-0.15, -0.1) is 0 Å². The van der Waals surface area contributed by atoms with Crippen LogP contribution < -0.4 is 10.2 Å². The van der Waals surface area contributed by atoms with Crippen molar-refractivity contribution in [2.45, 2.75) is 13.5 Å². The lowest BCUT2D eigenvalue weighted by atomic mass is 10.2. The molecule has 2 N–H and O–H groups in total. The molecule has 4 nitrogen and oxygen atoms in total. The van der Waals surface area contributed by atoms with E-state index in [-0.39, 0.29) is 0 Å². The molecule has 23 heavy (non-hydrogen) atoms. The van der Waals surface area contributed by atoms with Crippen LogP contribution in [0.1, 0.15) is 11.1 Å². The maximum atomic E-state index is 5.58. The number of nitrogens with one attached hydrogen (secondary N) is 2. The highest BCUT2D eigenvalue weighted by Gasteiger charge is 2.22. The van der Waals surface area contributed by atoms with E-state index in [0.29, 0.717) is 0 Å². The lowest BCUT2D eigenvalue weighted by Gasteiger charge is -2.34. The first-order chi connectivity index (χ1) is 11.2. The van der Waals surface area contributed by atoms with Gasteiger partial charge in [-0.05, 0) is 42.9 Å². The number of para-hydroxylation sites is 1. The van der Waals surface area contributed by atoms with E-state index >= 15 is 0 Å². The second-order valence-corrected chi connectivity index (χ2v) is 6.40. The van der Waals surface area contributed by atoms with E-state index in [2.05, 4.69) is 46.4 Å². The summed E-state index contributed by atoms with van der Waals surface area (Å²) < 4.78 is 0. The van der Waals surface area contributed by atoms with Crippen molar-refractivity contribution >= 4 is 23.0 Å². The largest absolute Gasteiger partial charge is 0.338 e. The van der Waals surface area contributed by atoms with Crippen LogP contribution in [0, 0.1) is 6.92 Å². The molecule has 2 heterocycles. The molecular formula is C18H23N4S+. The Balaban J connectivity index is 1.50. The third-order valence-corrected chi connectivity index (χ3v) is 4.71. The first-order valence-corrected chi connectivity index (χ1v) is 8.47. The number of pyridine rings is 1. The molecule has 0 saturated carbocycles. The maximum absolute atomic E-state index is 5.58. The highest BCUT2D eigenvalue weighted by molar-refractivity contribution is 7.80. The van der Waals surface area contributed by atoms with Gasteiger partial charge in [-0.3, -0.25) is 4.98 Å². The van der Waals surface area contributed by atoms with Gasteiger partial charge in [0.05, 0.1) is 26.2 Å². The second-order valence-electron chi connectivity index (χ2n) is 6.01. The third-order valence-electron chi connectivity index (χ3n) is 4.35. The molecule has 120 valence electrons. The summed E-state index contributed by atoms with van der Waals surface area (Å²) in [4.78, 5) is 7.96. The van der Waals surface area contributed by atoms with Crippen molar-refractivity contribution < 1.29 is 4.90 Å². The normalized spacial score (nSPS) is 15.4. The number of thiocarbonyl (C=S) groups is 1. The number of hydrogen-bond donors (Lipinski definition) is 2. The van der Waals surface area contributed by atoms with Crippen LogP contribution in [0.5, 0.6) is 0 Å². The monoisotopic (exact) mass is 327 g/mol. The summed E-state index contributed by atoms with van der Waals surface area (Å²) in [5.41, 5.74) is 3.67. The number of quaternary nitrogens is 1. The van der Waals surface area contributed by atoms with Crippen LogP contribution in [0.4, 0.5) is 5.69 Å². The van der Waals surface area contributed by atoms with E-state index in [0.717, 1.165) is 43.5 Å². The molecule has 5 heteroatoms. The number of aryl methyl sites for hydroxylation is 1. The number of nitrogens with zero attached hydrogens (tertiary/aromatic N) is 2. The Kier molecular flexibility index (Phi) is 5.20. The molecule has 0 spiro atoms. The zero-order chi connectivity index (χ0) is 16.1. The van der Waals surface area contributed by atoms with Gasteiger partial charge >= 0.3 is 0 Å². The molecule has 1 fully saturated rings. The van der Waals surface area contributed by atoms with Crippen LogP contribution in [0.3, 0.4) is 0 Å². The second kappa shape index (κ2) is 7.53. The van der Waals surface area contributed by atoms with Gasteiger partial charge in [0.15, 0.2) is 5.11 Å². The SMILES string of the molecule is Cc1ccccc1NC(=S)N1CC[NH+](Cc2ccncc2)CC1. The average molecular weight is 327 g/mol. The van der Waals surface area contributed by atoms with E-state index in [4.69, 9.17) is 12.2 Å². The van der Waals surface area contributed by atoms with Crippen LogP contribution >= 0.6 is 12.2 Å². The average Bonchev–Trinajstić information content (AvgIpc) is 2.58. The highest BCUT2D eigenvalue weighted by Crippen LogP contribution is 2.14. The van der Waals surface area contributed by atoms with Crippen LogP contribution in [0.2, 0.25) is 0 Å². The summed E-state index contributed by atoms with van der Waals surface area (Å²) in [7, 11) is 0. The van der Waals surface area contributed by atoms with Crippen molar-refractivity contribution in [3.63, 3.8) is 0 Å². The van der Waals surface area contributed by atoms with E-state index in [1.54, 1.807) is 4.90 Å². The zero-order valence-electron chi connectivity index (χ0n) is 13.5. The number of anilines is 1. The molecule has 1 aliphatic rings. The molecule has 3 rings (SSSR count). The van der Waals surface area contributed by atoms with E-state index < -0.39 is 0 Å². The minimum Gasteiger partial charge on any atom is -0.338 e. The zero-order valence-corrected chi connectivity index (χ0v) is 14.3. The predicted octanol–water partition coefficient (Wildman–Crippen LogP) is 1.49. The van der Waals surface area contributed by atoms with Gasteiger partial charge in [-0.2, -0.15) is 0 Å². The molecule has 0 aliphatic carbocycles. The Morgan fingerprint density at radius 1 is 1.17 bits per heavy atom. The fourth-order valence-electron chi connectivity index (χ4n) is 2.90. The Morgan fingerprint density at radius 3 is 2.57 bits per heavy atom. The fraction of sp³-hybridized carbons (Fsp3) is 0.333. The summed E-state index contributed by atoms with van der Waals surface area (Å²) in [5.74, 6) is 0. The number of aromatic nitrogens is 1. The van der Waals surface area contributed by atoms with Gasteiger partial charge in [-0.1, -0.05) is 18.2 Å². The molecule has 1 saturated heterocycles. The van der Waals surface area contributed by atoms with E-state index in [1.807, 2.05) is 24.5 Å². The van der Waals surface area contributed by atoms with Crippen LogP contribution in [-0.2, 0) is 6.54 Å². The van der Waals surface area contributed by atoms with Gasteiger partial charge in [-0.25, -0.2) is 0 Å². The summed E-state index contributed by atoms with van der Waals surface area (Å²) in [6, 6.07) is 12.5. The van der Waals surface area contributed by atoms with Crippen LogP contribution in [-0.4, -0.2) is 41.2 Å². The van der Waals surface area contributed by atoms with Gasteiger partial charge in [0.25, 0.3) is 0 Å². The lowest BCUT2D eigenvalue weighted by Crippen LogP contribution is -3.13. The van der Waals surface area contributed by atoms with E-state index in [9.17, 15) is 0 Å². The molecular weight excluding hydrogens is 304 g/mol. The van der Waals surface area contributed by atoms with Gasteiger partial charge in [0.1, 0.15) is 6.54 Å². The maximum Gasteiger partial charge on any atom is 0.173 e. The molecule has 2 aromatic rings. The molecule has 0 atom stereocenters. The standard InChI is InChI=1S/C18H22N4S/c1-15-4-2-3-5-17(15)20-18(23)22-12-10-21(11-13-22)14-16-6-8-19-9-7-16/h2-9H,10-14H2,1H3,(H,20,23)/p+1. The minimum absolute atomic E-state index is 0.835. The summed E-state index contributed by atoms with van der Waals surface area (Å²) in [6.45, 7) is 7.38. The van der Waals surface area contributed by atoms with E-state index in [1.165, 1.54) is 11.1 Å². The van der Waals surface area contributed by atoms with Crippen molar-refractivity contribution in [1.82, 2.24) is 9.88 Å². The van der Waals surface area contributed by atoms with Crippen molar-refractivity contribution in [2.24, 2.45) is 0 Å². The molecule has 0 bridgehead atoms. The van der Waals surface area contributed by atoms with Crippen LogP contribution in [0.25, 0.3) is 0 Å². The molecule has 1 aromatic carbocycles. The Labute approximate surface area is 143 Å². The summed E-state index contributed by atoms with van der Waals surface area (Å²) in [5, 5.41) is 4.22. The number of hydrogen-bond acceptors (Lipinski definition) is 2. The van der Waals surface area contributed by atoms with Crippen LogP contribution in [0.15, 0.2) is 48.8 Å². The van der Waals surface area contributed by atoms with Gasteiger partial charge in [0.2, 0.25) is 0 Å². The number of piperazine rings is 1. The Hall–Kier alpha value is -1.98. The van der Waals surface area contributed by atoms with Crippen molar-refractivity contribution in [1.29, 1.82) is 0 Å². The van der Waals surface area contributed by atoms with Gasteiger partial charge in [0, 0.05) is 23.6 Å². The predicted molar refractivity (Wildman–Crippen MR) is 97.6 cm³/mol. The molecule has 0 amide bonds. The van der Waals surface area contributed by atoms with Crippen molar-refractivity contribution in [3.05, 3.63) is 59.9 Å². The first-order valence-electron chi connectivity index (χ1n) is 8.06. The number of rotatable bonds is 3. The molecule has 1 aromatic heterocycles. The molecule has 0 unspecified atom stereocenters. The smallest absolute Gasteiger partial charge is 0.173 e.